The summed E-state index contributed by atoms with van der Waals surface area (Å²) in [5.41, 5.74) is 4.07. The normalized spacial score (nSPS) is 16.2. The van der Waals surface area contributed by atoms with E-state index >= 15 is 0 Å². The van der Waals surface area contributed by atoms with Crippen LogP contribution in [0.25, 0.3) is 0 Å². The molecule has 0 radical (unpaired) electrons. The van der Waals surface area contributed by atoms with Gasteiger partial charge in [-0.15, -0.1) is 12.4 Å². The van der Waals surface area contributed by atoms with Crippen LogP contribution < -0.4 is 10.6 Å². The minimum Gasteiger partial charge on any atom is -0.350 e. The predicted octanol–water partition coefficient (Wildman–Crippen LogP) is 3.69. The third-order valence-corrected chi connectivity index (χ3v) is 4.62. The number of amides is 1. The number of rotatable bonds is 3. The van der Waals surface area contributed by atoms with Crippen LogP contribution in [-0.4, -0.2) is 19.0 Å². The van der Waals surface area contributed by atoms with E-state index in [1.807, 2.05) is 25.1 Å². The number of halogens is 2. The van der Waals surface area contributed by atoms with Crippen LogP contribution in [0.3, 0.4) is 0 Å². The number of aryl methyl sites for hydroxylation is 1. The molecule has 122 valence electrons. The molecule has 0 saturated heterocycles. The summed E-state index contributed by atoms with van der Waals surface area (Å²) < 4.78 is 0. The van der Waals surface area contributed by atoms with Crippen molar-refractivity contribution in [3.63, 3.8) is 0 Å². The molecule has 23 heavy (non-hydrogen) atoms. The van der Waals surface area contributed by atoms with E-state index in [1.54, 1.807) is 6.07 Å². The molecular formula is C18H20Cl2N2O. The minimum absolute atomic E-state index is 0. The van der Waals surface area contributed by atoms with E-state index in [0.717, 1.165) is 18.5 Å². The number of carbonyl (C=O) groups is 1. The molecule has 0 bridgehead atoms. The number of carbonyl (C=O) groups excluding carboxylic acids is 1. The van der Waals surface area contributed by atoms with Crippen LogP contribution in [0.1, 0.15) is 33.1 Å². The Morgan fingerprint density at radius 3 is 2.87 bits per heavy atom. The Morgan fingerprint density at radius 2 is 2.04 bits per heavy atom. The molecular weight excluding hydrogens is 331 g/mol. The van der Waals surface area contributed by atoms with Gasteiger partial charge in [-0.1, -0.05) is 48.0 Å². The highest BCUT2D eigenvalue weighted by atomic mass is 35.5. The molecule has 1 heterocycles. The second-order valence-electron chi connectivity index (χ2n) is 5.60. The van der Waals surface area contributed by atoms with Crippen LogP contribution >= 0.6 is 24.0 Å². The van der Waals surface area contributed by atoms with Crippen LogP contribution in [0, 0.1) is 6.92 Å². The lowest BCUT2D eigenvalue weighted by Crippen LogP contribution is -2.38. The monoisotopic (exact) mass is 350 g/mol. The molecule has 1 amide bonds. The molecule has 2 aromatic rings. The summed E-state index contributed by atoms with van der Waals surface area (Å²) in [6, 6.07) is 14.0. The Morgan fingerprint density at radius 1 is 1.26 bits per heavy atom. The third kappa shape index (κ3) is 3.86. The molecule has 2 aromatic carbocycles. The minimum atomic E-state index is -0.126. The van der Waals surface area contributed by atoms with Gasteiger partial charge in [-0.25, -0.2) is 0 Å². The van der Waals surface area contributed by atoms with E-state index < -0.39 is 0 Å². The first-order chi connectivity index (χ1) is 10.7. The fraction of sp³-hybridized carbons (Fsp3) is 0.278. The zero-order valence-corrected chi connectivity index (χ0v) is 14.5. The van der Waals surface area contributed by atoms with Crippen molar-refractivity contribution >= 4 is 29.9 Å². The molecule has 1 unspecified atom stereocenters. The molecule has 1 aliphatic rings. The van der Waals surface area contributed by atoms with E-state index in [4.69, 9.17) is 11.6 Å². The lowest BCUT2D eigenvalue weighted by molar-refractivity contribution is 0.0949. The lowest BCUT2D eigenvalue weighted by Gasteiger charge is -2.27. The highest BCUT2D eigenvalue weighted by Gasteiger charge is 2.20. The smallest absolute Gasteiger partial charge is 0.252 e. The summed E-state index contributed by atoms with van der Waals surface area (Å²) in [5.74, 6) is -0.126. The number of hydrogen-bond donors (Lipinski definition) is 2. The van der Waals surface area contributed by atoms with Gasteiger partial charge in [0.1, 0.15) is 0 Å². The number of nitrogens with one attached hydrogen (secondary N) is 2. The van der Waals surface area contributed by atoms with Gasteiger partial charge in [-0.2, -0.15) is 0 Å². The zero-order valence-electron chi connectivity index (χ0n) is 12.9. The average molecular weight is 351 g/mol. The zero-order chi connectivity index (χ0) is 15.5. The van der Waals surface area contributed by atoms with Gasteiger partial charge in [0, 0.05) is 12.6 Å². The van der Waals surface area contributed by atoms with E-state index in [-0.39, 0.29) is 24.4 Å². The van der Waals surface area contributed by atoms with Gasteiger partial charge >= 0.3 is 0 Å². The third-order valence-electron chi connectivity index (χ3n) is 4.12. The van der Waals surface area contributed by atoms with Crippen LogP contribution in [0.4, 0.5) is 0 Å². The van der Waals surface area contributed by atoms with Gasteiger partial charge in [0.2, 0.25) is 0 Å². The molecule has 0 aromatic heterocycles. The molecule has 1 atom stereocenters. The summed E-state index contributed by atoms with van der Waals surface area (Å²) in [5, 5.41) is 6.98. The van der Waals surface area contributed by atoms with Gasteiger partial charge in [-0.3, -0.25) is 4.79 Å². The number of fused-ring (bicyclic) bond motifs is 1. The Hall–Kier alpha value is -1.55. The number of benzene rings is 2. The molecule has 3 rings (SSSR count). The fourth-order valence-electron chi connectivity index (χ4n) is 2.89. The summed E-state index contributed by atoms with van der Waals surface area (Å²) in [6.07, 6.45) is 1.03. The maximum Gasteiger partial charge on any atom is 0.252 e. The first-order valence-electron chi connectivity index (χ1n) is 7.51. The largest absolute Gasteiger partial charge is 0.350 e. The average Bonchev–Trinajstić information content (AvgIpc) is 2.55. The van der Waals surface area contributed by atoms with Gasteiger partial charge < -0.3 is 10.6 Å². The molecule has 5 heteroatoms. The van der Waals surface area contributed by atoms with Crippen molar-refractivity contribution in [1.29, 1.82) is 0 Å². The fourth-order valence-corrected chi connectivity index (χ4v) is 3.10. The van der Waals surface area contributed by atoms with Crippen molar-refractivity contribution < 1.29 is 4.79 Å². The van der Waals surface area contributed by atoms with Crippen molar-refractivity contribution in [2.75, 3.05) is 13.1 Å². The SMILES string of the molecule is Cc1cccc(C(=O)NCC2NCCc3ccccc32)c1Cl.Cl. The Bertz CT molecular complexity index is 703. The van der Waals surface area contributed by atoms with Gasteiger partial charge in [-0.05, 0) is 42.6 Å². The molecule has 2 N–H and O–H groups in total. The van der Waals surface area contributed by atoms with E-state index in [0.29, 0.717) is 17.1 Å². The van der Waals surface area contributed by atoms with Crippen molar-refractivity contribution in [3.05, 3.63) is 69.7 Å². The summed E-state index contributed by atoms with van der Waals surface area (Å²) >= 11 is 6.21. The van der Waals surface area contributed by atoms with Crippen molar-refractivity contribution in [2.24, 2.45) is 0 Å². The molecule has 0 saturated carbocycles. The van der Waals surface area contributed by atoms with Gasteiger partial charge in [0.05, 0.1) is 10.6 Å². The Labute approximate surface area is 147 Å². The first-order valence-corrected chi connectivity index (χ1v) is 7.89. The summed E-state index contributed by atoms with van der Waals surface area (Å²) in [7, 11) is 0. The van der Waals surface area contributed by atoms with Crippen LogP contribution in [0.2, 0.25) is 5.02 Å². The highest BCUT2D eigenvalue weighted by Crippen LogP contribution is 2.23. The quantitative estimate of drug-likeness (QED) is 0.886. The van der Waals surface area contributed by atoms with E-state index in [1.165, 1.54) is 11.1 Å². The van der Waals surface area contributed by atoms with Crippen LogP contribution in [0.15, 0.2) is 42.5 Å². The second kappa shape index (κ2) is 7.82. The Balaban J connectivity index is 0.00000192. The molecule has 0 fully saturated rings. The molecule has 3 nitrogen and oxygen atoms in total. The summed E-state index contributed by atoms with van der Waals surface area (Å²) in [4.78, 5) is 12.3. The Kier molecular flexibility index (Phi) is 6.05. The van der Waals surface area contributed by atoms with E-state index in [2.05, 4.69) is 28.8 Å². The standard InChI is InChI=1S/C18H19ClN2O.ClH/c1-12-5-4-8-15(17(12)19)18(22)21-11-16-14-7-3-2-6-13(14)9-10-20-16;/h2-8,16,20H,9-11H2,1H3,(H,21,22);1H. The second-order valence-corrected chi connectivity index (χ2v) is 5.98. The van der Waals surface area contributed by atoms with Gasteiger partial charge in [0.25, 0.3) is 5.91 Å². The highest BCUT2D eigenvalue weighted by molar-refractivity contribution is 6.34. The molecule has 1 aliphatic heterocycles. The van der Waals surface area contributed by atoms with Crippen LogP contribution in [0.5, 0.6) is 0 Å². The first kappa shape index (κ1) is 17.8. The predicted molar refractivity (Wildman–Crippen MR) is 96.7 cm³/mol. The topological polar surface area (TPSA) is 41.1 Å². The maximum atomic E-state index is 12.3. The number of hydrogen-bond acceptors (Lipinski definition) is 2. The van der Waals surface area contributed by atoms with Crippen molar-refractivity contribution in [1.82, 2.24) is 10.6 Å². The van der Waals surface area contributed by atoms with Crippen LogP contribution in [-0.2, 0) is 6.42 Å². The molecule has 0 aliphatic carbocycles. The van der Waals surface area contributed by atoms with Gasteiger partial charge in [0.15, 0.2) is 0 Å². The van der Waals surface area contributed by atoms with Crippen molar-refractivity contribution in [2.45, 2.75) is 19.4 Å². The van der Waals surface area contributed by atoms with Crippen molar-refractivity contribution in [3.8, 4) is 0 Å². The maximum absolute atomic E-state index is 12.3. The lowest BCUT2D eigenvalue weighted by atomic mass is 9.94. The van der Waals surface area contributed by atoms with E-state index in [9.17, 15) is 4.79 Å². The summed E-state index contributed by atoms with van der Waals surface area (Å²) in [6.45, 7) is 3.39. The molecule has 0 spiro atoms.